The zero-order valence-corrected chi connectivity index (χ0v) is 18.4. The van der Waals surface area contributed by atoms with Gasteiger partial charge in [-0.2, -0.15) is 0 Å². The van der Waals surface area contributed by atoms with Crippen LogP contribution in [0.15, 0.2) is 70.9 Å². The normalized spacial score (nSPS) is 21.4. The lowest BCUT2D eigenvalue weighted by atomic mass is 9.72. The van der Waals surface area contributed by atoms with Crippen LogP contribution >= 0.6 is 22.6 Å². The number of allylic oxidation sites excluding steroid dienone is 2. The summed E-state index contributed by atoms with van der Waals surface area (Å²) in [7, 11) is 0. The summed E-state index contributed by atoms with van der Waals surface area (Å²) in [6.45, 7) is 2.09. The van der Waals surface area contributed by atoms with E-state index >= 15 is 0 Å². The van der Waals surface area contributed by atoms with Gasteiger partial charge in [-0.05, 0) is 59.5 Å². The molecule has 4 nitrogen and oxygen atoms in total. The average molecular weight is 499 g/mol. The van der Waals surface area contributed by atoms with Crippen molar-refractivity contribution >= 4 is 40.1 Å². The van der Waals surface area contributed by atoms with Crippen molar-refractivity contribution in [1.29, 1.82) is 0 Å². The van der Waals surface area contributed by atoms with Crippen molar-refractivity contribution in [3.05, 3.63) is 80.6 Å². The Balaban J connectivity index is 1.72. The summed E-state index contributed by atoms with van der Waals surface area (Å²) in [5.74, 6) is -1.15. The van der Waals surface area contributed by atoms with Crippen LogP contribution in [0.4, 0.5) is 0 Å². The van der Waals surface area contributed by atoms with Gasteiger partial charge in [-0.1, -0.05) is 48.5 Å². The van der Waals surface area contributed by atoms with E-state index in [1.807, 2.05) is 61.5 Å². The number of aliphatic imine (C=N–C) groups is 1. The smallest absolute Gasteiger partial charge is 0.315 e. The lowest BCUT2D eigenvalue weighted by Gasteiger charge is -2.34. The van der Waals surface area contributed by atoms with Gasteiger partial charge in [0, 0.05) is 32.9 Å². The van der Waals surface area contributed by atoms with Crippen LogP contribution in [-0.4, -0.2) is 17.5 Å². The number of ketones is 1. The van der Waals surface area contributed by atoms with Gasteiger partial charge in [-0.3, -0.25) is 14.6 Å². The number of carbonyl (C=O) groups excluding carboxylic acids is 2. The summed E-state index contributed by atoms with van der Waals surface area (Å²) >= 11 is 2.28. The summed E-state index contributed by atoms with van der Waals surface area (Å²) in [6, 6.07) is 17.6. The van der Waals surface area contributed by atoms with Gasteiger partial charge >= 0.3 is 5.97 Å². The largest absolute Gasteiger partial charge is 0.460 e. The van der Waals surface area contributed by atoms with Crippen LogP contribution in [0.5, 0.6) is 0 Å². The molecule has 0 amide bonds. The predicted molar refractivity (Wildman–Crippen MR) is 121 cm³/mol. The minimum atomic E-state index is -0.588. The Bertz CT molecular complexity index is 1010. The molecule has 0 spiro atoms. The van der Waals surface area contributed by atoms with Crippen molar-refractivity contribution in [2.45, 2.75) is 38.7 Å². The van der Waals surface area contributed by atoms with Crippen LogP contribution < -0.4 is 0 Å². The zero-order chi connectivity index (χ0) is 20.4. The molecule has 2 aromatic rings. The van der Waals surface area contributed by atoms with Crippen molar-refractivity contribution < 1.29 is 14.3 Å². The van der Waals surface area contributed by atoms with Crippen LogP contribution in [0.25, 0.3) is 0 Å². The molecule has 0 fully saturated rings. The summed E-state index contributed by atoms with van der Waals surface area (Å²) in [4.78, 5) is 30.8. The SMILES string of the molecule is CC1=NC2=C(C(=O)CCC2)[C@@H](c2ccccc2I)C1C(=O)OCc1ccccc1. The first kappa shape index (κ1) is 20.0. The van der Waals surface area contributed by atoms with Crippen molar-refractivity contribution in [1.82, 2.24) is 0 Å². The second-order valence-electron chi connectivity index (χ2n) is 7.46. The van der Waals surface area contributed by atoms with E-state index in [1.165, 1.54) is 0 Å². The van der Waals surface area contributed by atoms with Crippen molar-refractivity contribution in [2.24, 2.45) is 10.9 Å². The van der Waals surface area contributed by atoms with Crippen LogP contribution in [0.3, 0.4) is 0 Å². The molecule has 0 aromatic heterocycles. The van der Waals surface area contributed by atoms with Gasteiger partial charge in [0.25, 0.3) is 0 Å². The highest BCUT2D eigenvalue weighted by Gasteiger charge is 2.43. The Morgan fingerprint density at radius 3 is 2.59 bits per heavy atom. The molecule has 0 bridgehead atoms. The van der Waals surface area contributed by atoms with E-state index in [4.69, 9.17) is 4.74 Å². The van der Waals surface area contributed by atoms with Gasteiger partial charge in [-0.25, -0.2) is 0 Å². The lowest BCUT2D eigenvalue weighted by molar-refractivity contribution is -0.148. The highest BCUT2D eigenvalue weighted by molar-refractivity contribution is 14.1. The Morgan fingerprint density at radius 1 is 1.10 bits per heavy atom. The van der Waals surface area contributed by atoms with E-state index in [2.05, 4.69) is 27.6 Å². The molecule has 0 saturated carbocycles. The summed E-state index contributed by atoms with van der Waals surface area (Å²) < 4.78 is 6.73. The highest BCUT2D eigenvalue weighted by atomic mass is 127. The molecule has 148 valence electrons. The molecule has 2 atom stereocenters. The molecule has 1 aliphatic heterocycles. The van der Waals surface area contributed by atoms with Crippen LogP contribution in [0.1, 0.15) is 43.2 Å². The van der Waals surface area contributed by atoms with Crippen LogP contribution in [0.2, 0.25) is 0 Å². The van der Waals surface area contributed by atoms with E-state index in [0.29, 0.717) is 12.0 Å². The molecule has 0 saturated heterocycles. The monoisotopic (exact) mass is 499 g/mol. The quantitative estimate of drug-likeness (QED) is 0.429. The van der Waals surface area contributed by atoms with E-state index in [-0.39, 0.29) is 24.3 Å². The summed E-state index contributed by atoms with van der Waals surface area (Å²) in [5.41, 5.74) is 4.20. The fourth-order valence-corrected chi connectivity index (χ4v) is 4.92. The number of nitrogens with zero attached hydrogens (tertiary/aromatic N) is 1. The number of esters is 1. The number of hydrogen-bond donors (Lipinski definition) is 0. The minimum absolute atomic E-state index is 0.105. The third-order valence-electron chi connectivity index (χ3n) is 5.55. The molecular formula is C24H22INO3. The number of benzene rings is 2. The van der Waals surface area contributed by atoms with Gasteiger partial charge < -0.3 is 4.74 Å². The fraction of sp³-hybridized carbons (Fsp3) is 0.292. The molecule has 0 N–H and O–H groups in total. The Labute approximate surface area is 184 Å². The first-order chi connectivity index (χ1) is 14.1. The second-order valence-corrected chi connectivity index (χ2v) is 8.62. The number of Topliss-reactive ketones (excluding diaryl/α,β-unsaturated/α-hetero) is 1. The molecule has 4 rings (SSSR count). The highest BCUT2D eigenvalue weighted by Crippen LogP contribution is 2.44. The molecule has 5 heteroatoms. The van der Waals surface area contributed by atoms with Crippen molar-refractivity contribution in [3.63, 3.8) is 0 Å². The molecule has 29 heavy (non-hydrogen) atoms. The van der Waals surface area contributed by atoms with Crippen LogP contribution in [-0.2, 0) is 20.9 Å². The van der Waals surface area contributed by atoms with E-state index in [9.17, 15) is 9.59 Å². The Kier molecular flexibility index (Phi) is 5.94. The Morgan fingerprint density at radius 2 is 1.83 bits per heavy atom. The number of halogens is 1. The number of ether oxygens (including phenoxy) is 1. The van der Waals surface area contributed by atoms with Crippen LogP contribution in [0, 0.1) is 9.49 Å². The third kappa shape index (κ3) is 4.06. The molecule has 1 heterocycles. The lowest BCUT2D eigenvalue weighted by Crippen LogP contribution is -2.37. The maximum atomic E-state index is 13.2. The van der Waals surface area contributed by atoms with Gasteiger partial charge in [0.05, 0.1) is 0 Å². The minimum Gasteiger partial charge on any atom is -0.460 e. The number of rotatable bonds is 4. The standard InChI is InChI=1S/C24H22INO3/c1-15-21(24(28)29-14-16-8-3-2-4-9-16)22(17-10-5-6-11-18(17)25)23-19(26-15)12-7-13-20(23)27/h2-6,8-11,21-22H,7,12-14H2,1H3/t21?,22-/m0/s1. The van der Waals surface area contributed by atoms with Gasteiger partial charge in [0.15, 0.2) is 5.78 Å². The molecule has 1 unspecified atom stereocenters. The van der Waals surface area contributed by atoms with E-state index < -0.39 is 5.92 Å². The third-order valence-corrected chi connectivity index (χ3v) is 6.54. The first-order valence-electron chi connectivity index (χ1n) is 9.82. The maximum absolute atomic E-state index is 13.2. The molecule has 1 aliphatic carbocycles. The van der Waals surface area contributed by atoms with Crippen molar-refractivity contribution in [2.75, 3.05) is 0 Å². The van der Waals surface area contributed by atoms with E-state index in [0.717, 1.165) is 38.9 Å². The first-order valence-corrected chi connectivity index (χ1v) is 10.9. The van der Waals surface area contributed by atoms with Gasteiger partial charge in [-0.15, -0.1) is 0 Å². The average Bonchev–Trinajstić information content (AvgIpc) is 2.72. The summed E-state index contributed by atoms with van der Waals surface area (Å²) in [6.07, 6.45) is 2.11. The van der Waals surface area contributed by atoms with E-state index in [1.54, 1.807) is 0 Å². The predicted octanol–water partition coefficient (Wildman–Crippen LogP) is 5.22. The maximum Gasteiger partial charge on any atom is 0.315 e. The second kappa shape index (κ2) is 8.61. The molecule has 2 aliphatic rings. The van der Waals surface area contributed by atoms with Gasteiger partial charge in [0.2, 0.25) is 0 Å². The number of carbonyl (C=O) groups is 2. The number of hydrogen-bond acceptors (Lipinski definition) is 4. The van der Waals surface area contributed by atoms with Gasteiger partial charge in [0.1, 0.15) is 12.5 Å². The summed E-state index contributed by atoms with van der Waals surface area (Å²) in [5, 5.41) is 0. The van der Waals surface area contributed by atoms with Crippen molar-refractivity contribution in [3.8, 4) is 0 Å². The Hall–Kier alpha value is -2.28. The molecular weight excluding hydrogens is 477 g/mol. The fourth-order valence-electron chi connectivity index (χ4n) is 4.19. The molecule has 0 radical (unpaired) electrons. The molecule has 2 aromatic carbocycles. The zero-order valence-electron chi connectivity index (χ0n) is 16.2. The topological polar surface area (TPSA) is 55.7 Å².